The molecule has 1 amide bonds. The summed E-state index contributed by atoms with van der Waals surface area (Å²) in [5.41, 5.74) is 3.27. The molecular formula is C23H24N2O2. The topological polar surface area (TPSA) is 55.1 Å². The Morgan fingerprint density at radius 2 is 1.85 bits per heavy atom. The van der Waals surface area contributed by atoms with Gasteiger partial charge in [-0.25, -0.2) is 0 Å². The minimum Gasteiger partial charge on any atom is -0.356 e. The van der Waals surface area contributed by atoms with Crippen LogP contribution in [0, 0.1) is 0 Å². The summed E-state index contributed by atoms with van der Waals surface area (Å²) in [4.78, 5) is 12.9. The highest BCUT2D eigenvalue weighted by atomic mass is 16.5. The molecule has 4 nitrogen and oxygen atoms in total. The van der Waals surface area contributed by atoms with Crippen molar-refractivity contribution in [2.45, 2.75) is 44.4 Å². The smallest absolute Gasteiger partial charge is 0.236 e. The van der Waals surface area contributed by atoms with Crippen LogP contribution in [0.1, 0.15) is 43.9 Å². The molecule has 1 heterocycles. The van der Waals surface area contributed by atoms with Crippen LogP contribution in [0.15, 0.2) is 65.2 Å². The Morgan fingerprint density at radius 3 is 2.52 bits per heavy atom. The number of amides is 1. The summed E-state index contributed by atoms with van der Waals surface area (Å²) >= 11 is 0. The van der Waals surface area contributed by atoms with Gasteiger partial charge >= 0.3 is 0 Å². The molecule has 0 atom stereocenters. The number of hydrogen-bond donors (Lipinski definition) is 1. The summed E-state index contributed by atoms with van der Waals surface area (Å²) in [6, 6.07) is 19.9. The second-order valence-electron chi connectivity index (χ2n) is 7.28. The van der Waals surface area contributed by atoms with Crippen LogP contribution in [0.25, 0.3) is 11.3 Å². The summed E-state index contributed by atoms with van der Waals surface area (Å²) in [6.45, 7) is 2.19. The maximum Gasteiger partial charge on any atom is 0.236 e. The zero-order valence-electron chi connectivity index (χ0n) is 15.6. The van der Waals surface area contributed by atoms with E-state index in [-0.39, 0.29) is 5.91 Å². The summed E-state index contributed by atoms with van der Waals surface area (Å²) in [5, 5.41) is 7.26. The van der Waals surface area contributed by atoms with Crippen LogP contribution in [0.5, 0.6) is 0 Å². The molecule has 4 rings (SSSR count). The summed E-state index contributed by atoms with van der Waals surface area (Å²) in [5.74, 6) is 0.696. The van der Waals surface area contributed by atoms with E-state index in [1.165, 1.54) is 18.4 Å². The fraction of sp³-hybridized carbons (Fsp3) is 0.304. The summed E-state index contributed by atoms with van der Waals surface area (Å²) in [6.07, 6.45) is 5.05. The zero-order chi connectivity index (χ0) is 18.7. The lowest BCUT2D eigenvalue weighted by Gasteiger charge is -2.13. The van der Waals surface area contributed by atoms with Crippen molar-refractivity contribution >= 4 is 11.6 Å². The largest absolute Gasteiger partial charge is 0.356 e. The lowest BCUT2D eigenvalue weighted by atomic mass is 10.00. The SMILES string of the molecule is CCCCc1ccc(NC(=O)C2(c3cc(-c4ccccc4)on3)CC2)cc1. The maximum atomic E-state index is 12.9. The van der Waals surface area contributed by atoms with E-state index in [2.05, 4.69) is 29.5 Å². The molecule has 0 radical (unpaired) electrons. The number of rotatable bonds is 7. The van der Waals surface area contributed by atoms with Gasteiger partial charge in [0.1, 0.15) is 0 Å². The monoisotopic (exact) mass is 360 g/mol. The zero-order valence-corrected chi connectivity index (χ0v) is 15.6. The number of anilines is 1. The van der Waals surface area contributed by atoms with E-state index in [1.807, 2.05) is 48.5 Å². The lowest BCUT2D eigenvalue weighted by molar-refractivity contribution is -0.118. The number of unbranched alkanes of at least 4 members (excludes halogenated alkanes) is 1. The van der Waals surface area contributed by atoms with Crippen molar-refractivity contribution in [1.29, 1.82) is 0 Å². The van der Waals surface area contributed by atoms with Gasteiger partial charge in [-0.3, -0.25) is 4.79 Å². The van der Waals surface area contributed by atoms with E-state index in [4.69, 9.17) is 4.52 Å². The molecular weight excluding hydrogens is 336 g/mol. The Kier molecular flexibility index (Phi) is 4.80. The first-order valence-corrected chi connectivity index (χ1v) is 9.64. The van der Waals surface area contributed by atoms with Crippen LogP contribution in [0.3, 0.4) is 0 Å². The van der Waals surface area contributed by atoms with Crippen LogP contribution in [0.4, 0.5) is 5.69 Å². The Labute approximate surface area is 159 Å². The first-order chi connectivity index (χ1) is 13.2. The van der Waals surface area contributed by atoms with E-state index in [1.54, 1.807) is 0 Å². The van der Waals surface area contributed by atoms with Crippen molar-refractivity contribution in [3.8, 4) is 11.3 Å². The minimum absolute atomic E-state index is 0.00304. The molecule has 2 aromatic carbocycles. The van der Waals surface area contributed by atoms with Gasteiger partial charge in [-0.1, -0.05) is 61.0 Å². The molecule has 1 saturated carbocycles. The lowest BCUT2D eigenvalue weighted by Crippen LogP contribution is -2.28. The van der Waals surface area contributed by atoms with Gasteiger partial charge in [-0.15, -0.1) is 0 Å². The average Bonchev–Trinajstić information content (AvgIpc) is 3.38. The quantitative estimate of drug-likeness (QED) is 0.617. The van der Waals surface area contributed by atoms with E-state index in [0.29, 0.717) is 5.76 Å². The molecule has 3 aromatic rings. The number of nitrogens with zero attached hydrogens (tertiary/aromatic N) is 1. The molecule has 4 heteroatoms. The van der Waals surface area contributed by atoms with Crippen molar-refractivity contribution in [3.05, 3.63) is 71.9 Å². The summed E-state index contributed by atoms with van der Waals surface area (Å²) in [7, 11) is 0. The Morgan fingerprint density at radius 1 is 1.11 bits per heavy atom. The van der Waals surface area contributed by atoms with E-state index in [9.17, 15) is 4.79 Å². The molecule has 27 heavy (non-hydrogen) atoms. The molecule has 1 aliphatic carbocycles. The van der Waals surface area contributed by atoms with Gasteiger partial charge in [0.05, 0.1) is 11.1 Å². The van der Waals surface area contributed by atoms with Gasteiger partial charge in [0.25, 0.3) is 0 Å². The fourth-order valence-electron chi connectivity index (χ4n) is 3.35. The third-order valence-electron chi connectivity index (χ3n) is 5.27. The van der Waals surface area contributed by atoms with Gasteiger partial charge in [-0.05, 0) is 43.4 Å². The van der Waals surface area contributed by atoms with Crippen LogP contribution in [0.2, 0.25) is 0 Å². The van der Waals surface area contributed by atoms with Gasteiger partial charge in [0, 0.05) is 17.3 Å². The van der Waals surface area contributed by atoms with Crippen molar-refractivity contribution in [2.75, 3.05) is 5.32 Å². The molecule has 1 aliphatic rings. The highest BCUT2D eigenvalue weighted by Crippen LogP contribution is 2.49. The number of benzene rings is 2. The Balaban J connectivity index is 1.46. The number of aryl methyl sites for hydroxylation is 1. The number of carbonyl (C=O) groups is 1. The normalized spacial score (nSPS) is 14.7. The van der Waals surface area contributed by atoms with Crippen LogP contribution >= 0.6 is 0 Å². The van der Waals surface area contributed by atoms with E-state index >= 15 is 0 Å². The van der Waals surface area contributed by atoms with Crippen molar-refractivity contribution in [3.63, 3.8) is 0 Å². The highest BCUT2D eigenvalue weighted by molar-refractivity contribution is 6.01. The molecule has 0 aliphatic heterocycles. The standard InChI is InChI=1S/C23H24N2O2/c1-2-3-7-17-10-12-19(13-11-17)24-22(26)23(14-15-23)21-16-20(27-25-21)18-8-5-4-6-9-18/h4-6,8-13,16H,2-3,7,14-15H2,1H3,(H,24,26). The van der Waals surface area contributed by atoms with Crippen LogP contribution in [-0.4, -0.2) is 11.1 Å². The molecule has 0 spiro atoms. The molecule has 138 valence electrons. The first-order valence-electron chi connectivity index (χ1n) is 9.64. The first kappa shape index (κ1) is 17.5. The highest BCUT2D eigenvalue weighted by Gasteiger charge is 2.53. The molecule has 1 aromatic heterocycles. The second-order valence-corrected chi connectivity index (χ2v) is 7.28. The number of nitrogens with one attached hydrogen (secondary N) is 1. The predicted octanol–water partition coefficient (Wildman–Crippen LogP) is 5.35. The van der Waals surface area contributed by atoms with Crippen LogP contribution in [-0.2, 0) is 16.6 Å². The fourth-order valence-corrected chi connectivity index (χ4v) is 3.35. The van der Waals surface area contributed by atoms with E-state index in [0.717, 1.165) is 36.2 Å². The summed E-state index contributed by atoms with van der Waals surface area (Å²) < 4.78 is 5.50. The minimum atomic E-state index is -0.558. The molecule has 1 N–H and O–H groups in total. The van der Waals surface area contributed by atoms with Crippen LogP contribution < -0.4 is 5.32 Å². The average molecular weight is 360 g/mol. The number of aromatic nitrogens is 1. The van der Waals surface area contributed by atoms with Crippen molar-refractivity contribution in [1.82, 2.24) is 5.16 Å². The van der Waals surface area contributed by atoms with Crippen molar-refractivity contribution < 1.29 is 9.32 Å². The number of carbonyl (C=O) groups excluding carboxylic acids is 1. The van der Waals surface area contributed by atoms with Gasteiger partial charge in [-0.2, -0.15) is 0 Å². The molecule has 0 bridgehead atoms. The van der Waals surface area contributed by atoms with Gasteiger partial charge in [0.2, 0.25) is 5.91 Å². The van der Waals surface area contributed by atoms with Crippen molar-refractivity contribution in [2.24, 2.45) is 0 Å². The predicted molar refractivity (Wildman–Crippen MR) is 107 cm³/mol. The third-order valence-corrected chi connectivity index (χ3v) is 5.27. The van der Waals surface area contributed by atoms with Gasteiger partial charge in [0.15, 0.2) is 5.76 Å². The molecule has 0 unspecified atom stereocenters. The Bertz CT molecular complexity index is 909. The maximum absolute atomic E-state index is 12.9. The third kappa shape index (κ3) is 3.65. The molecule has 0 saturated heterocycles. The Hall–Kier alpha value is -2.88. The second kappa shape index (κ2) is 7.39. The molecule has 1 fully saturated rings. The van der Waals surface area contributed by atoms with Gasteiger partial charge < -0.3 is 9.84 Å². The number of hydrogen-bond acceptors (Lipinski definition) is 3. The van der Waals surface area contributed by atoms with E-state index < -0.39 is 5.41 Å².